The minimum absolute atomic E-state index is 0.0794. The van der Waals surface area contributed by atoms with Gasteiger partial charge in [0, 0.05) is 24.1 Å². The number of ether oxygens (including phenoxy) is 3. The molecule has 1 aromatic rings. The molecule has 0 radical (unpaired) electrons. The molecule has 1 aliphatic rings. The Balaban J connectivity index is 2.27. The van der Waals surface area contributed by atoms with Crippen molar-refractivity contribution in [3.8, 4) is 5.75 Å². The first-order valence-corrected chi connectivity index (χ1v) is 9.62. The molecule has 0 aromatic heterocycles. The van der Waals surface area contributed by atoms with E-state index in [9.17, 15) is 20.0 Å². The summed E-state index contributed by atoms with van der Waals surface area (Å²) in [6, 6.07) is 3.75. The molecular formula is C20H28N2O7. The summed E-state index contributed by atoms with van der Waals surface area (Å²) in [5.41, 5.74) is -0.420. The molecule has 0 spiro atoms. The van der Waals surface area contributed by atoms with Crippen molar-refractivity contribution in [2.24, 2.45) is 0 Å². The Labute approximate surface area is 169 Å². The third kappa shape index (κ3) is 5.45. The highest BCUT2D eigenvalue weighted by atomic mass is 16.6. The van der Waals surface area contributed by atoms with Crippen molar-refractivity contribution in [3.63, 3.8) is 0 Å². The number of nitrogens with one attached hydrogen (secondary N) is 1. The number of carbonyl (C=O) groups is 1. The number of non-ortho nitro benzene ring substituents is 1. The largest absolute Gasteiger partial charge is 0.497 e. The van der Waals surface area contributed by atoms with Crippen molar-refractivity contribution in [3.05, 3.63) is 45.9 Å². The van der Waals surface area contributed by atoms with E-state index in [2.05, 4.69) is 5.32 Å². The lowest BCUT2D eigenvalue weighted by Gasteiger charge is -2.44. The summed E-state index contributed by atoms with van der Waals surface area (Å²) in [6.45, 7) is 6.41. The van der Waals surface area contributed by atoms with Crippen LogP contribution >= 0.6 is 0 Å². The standard InChI is InChI=1S/C20H28N2O7/c1-4-20(3)19(24)18(16-11-14(22(25)26)7-8-17(16)29-20)21-12-15(28-5-2)13-27-10-6-9-23/h7-9,11,13,18-19,21,24H,4-6,10,12H2,1-3H3/b15-13-. The number of benzene rings is 1. The fraction of sp³-hybridized carbons (Fsp3) is 0.550. The molecule has 160 valence electrons. The van der Waals surface area contributed by atoms with Crippen molar-refractivity contribution in [1.82, 2.24) is 5.32 Å². The van der Waals surface area contributed by atoms with E-state index in [0.29, 0.717) is 30.1 Å². The van der Waals surface area contributed by atoms with Crippen LogP contribution in [0.3, 0.4) is 0 Å². The molecular weight excluding hydrogens is 380 g/mol. The number of nitro benzene ring substituents is 1. The SMILES string of the molecule is CCO/C(=C\OCCC=O)CNC1c2cc([N+](=O)[O-])ccc2OC(C)(CC)C1O. The molecule has 9 heteroatoms. The highest BCUT2D eigenvalue weighted by Crippen LogP contribution is 2.42. The van der Waals surface area contributed by atoms with Crippen LogP contribution in [0.5, 0.6) is 5.75 Å². The lowest BCUT2D eigenvalue weighted by Crippen LogP contribution is -2.54. The summed E-state index contributed by atoms with van der Waals surface area (Å²) < 4.78 is 16.8. The normalized spacial score (nSPS) is 23.7. The van der Waals surface area contributed by atoms with Crippen LogP contribution in [-0.4, -0.2) is 47.8 Å². The van der Waals surface area contributed by atoms with Gasteiger partial charge in [-0.25, -0.2) is 0 Å². The molecule has 1 heterocycles. The lowest BCUT2D eigenvalue weighted by molar-refractivity contribution is -0.385. The predicted octanol–water partition coefficient (Wildman–Crippen LogP) is 2.63. The number of nitrogens with zero attached hydrogens (tertiary/aromatic N) is 1. The molecule has 0 saturated carbocycles. The van der Waals surface area contributed by atoms with Gasteiger partial charge in [-0.3, -0.25) is 10.1 Å². The van der Waals surface area contributed by atoms with Gasteiger partial charge in [0.25, 0.3) is 5.69 Å². The van der Waals surface area contributed by atoms with Gasteiger partial charge in [0.05, 0.1) is 30.7 Å². The van der Waals surface area contributed by atoms with E-state index in [1.54, 1.807) is 13.0 Å². The van der Waals surface area contributed by atoms with Crippen LogP contribution in [0, 0.1) is 10.1 Å². The van der Waals surface area contributed by atoms with Gasteiger partial charge in [0.15, 0.2) is 0 Å². The summed E-state index contributed by atoms with van der Waals surface area (Å²) in [7, 11) is 0. The molecule has 2 rings (SSSR count). The van der Waals surface area contributed by atoms with Crippen LogP contribution in [0.2, 0.25) is 0 Å². The minimum Gasteiger partial charge on any atom is -0.497 e. The fourth-order valence-electron chi connectivity index (χ4n) is 3.11. The Morgan fingerprint density at radius 3 is 2.83 bits per heavy atom. The zero-order valence-electron chi connectivity index (χ0n) is 16.9. The summed E-state index contributed by atoms with van der Waals surface area (Å²) in [5.74, 6) is 0.981. The average Bonchev–Trinajstić information content (AvgIpc) is 2.71. The van der Waals surface area contributed by atoms with E-state index in [4.69, 9.17) is 14.2 Å². The van der Waals surface area contributed by atoms with Crippen LogP contribution in [0.1, 0.15) is 45.2 Å². The number of hydrogen-bond acceptors (Lipinski definition) is 8. The smallest absolute Gasteiger partial charge is 0.270 e. The maximum Gasteiger partial charge on any atom is 0.270 e. The molecule has 0 saturated heterocycles. The number of aliphatic hydroxyl groups excluding tert-OH is 1. The predicted molar refractivity (Wildman–Crippen MR) is 106 cm³/mol. The average molecular weight is 408 g/mol. The summed E-state index contributed by atoms with van der Waals surface area (Å²) >= 11 is 0. The number of fused-ring (bicyclic) bond motifs is 1. The summed E-state index contributed by atoms with van der Waals surface area (Å²) in [5, 5.41) is 25.4. The van der Waals surface area contributed by atoms with E-state index in [1.165, 1.54) is 18.4 Å². The molecule has 0 fully saturated rings. The Kier molecular flexibility index (Phi) is 7.98. The van der Waals surface area contributed by atoms with Crippen molar-refractivity contribution in [1.29, 1.82) is 0 Å². The van der Waals surface area contributed by atoms with E-state index in [1.807, 2.05) is 13.8 Å². The molecule has 9 nitrogen and oxygen atoms in total. The van der Waals surface area contributed by atoms with E-state index < -0.39 is 22.7 Å². The van der Waals surface area contributed by atoms with E-state index in [-0.39, 0.29) is 25.3 Å². The summed E-state index contributed by atoms with van der Waals surface area (Å²) in [6.07, 6.45) is 2.07. The first-order valence-electron chi connectivity index (χ1n) is 9.62. The van der Waals surface area contributed by atoms with Crippen molar-refractivity contribution in [2.45, 2.75) is 51.4 Å². The molecule has 1 aliphatic heterocycles. The Morgan fingerprint density at radius 1 is 1.45 bits per heavy atom. The summed E-state index contributed by atoms with van der Waals surface area (Å²) in [4.78, 5) is 21.1. The second-order valence-corrected chi connectivity index (χ2v) is 6.89. The van der Waals surface area contributed by atoms with Crippen LogP contribution in [0.15, 0.2) is 30.2 Å². The number of nitro groups is 1. The Hall–Kier alpha value is -2.65. The van der Waals surface area contributed by atoms with E-state index in [0.717, 1.165) is 6.29 Å². The minimum atomic E-state index is -0.944. The fourth-order valence-corrected chi connectivity index (χ4v) is 3.11. The maximum absolute atomic E-state index is 11.2. The van der Waals surface area contributed by atoms with Crippen LogP contribution < -0.4 is 10.1 Å². The number of aliphatic hydroxyl groups is 1. The van der Waals surface area contributed by atoms with Gasteiger partial charge in [-0.1, -0.05) is 6.92 Å². The molecule has 2 N–H and O–H groups in total. The molecule has 0 amide bonds. The van der Waals surface area contributed by atoms with Gasteiger partial charge in [-0.15, -0.1) is 0 Å². The first-order chi connectivity index (χ1) is 13.9. The van der Waals surface area contributed by atoms with Crippen molar-refractivity contribution in [2.75, 3.05) is 19.8 Å². The third-order valence-electron chi connectivity index (χ3n) is 4.92. The highest BCUT2D eigenvalue weighted by Gasteiger charge is 2.45. The number of carbonyl (C=O) groups excluding carboxylic acids is 1. The van der Waals surface area contributed by atoms with Crippen LogP contribution in [0.4, 0.5) is 5.69 Å². The van der Waals surface area contributed by atoms with Gasteiger partial charge in [0.1, 0.15) is 35.8 Å². The van der Waals surface area contributed by atoms with Gasteiger partial charge < -0.3 is 29.4 Å². The zero-order chi connectivity index (χ0) is 21.4. The van der Waals surface area contributed by atoms with Gasteiger partial charge >= 0.3 is 0 Å². The number of aldehydes is 1. The molecule has 0 bridgehead atoms. The second kappa shape index (κ2) is 10.2. The molecule has 1 aromatic carbocycles. The highest BCUT2D eigenvalue weighted by molar-refractivity contribution is 5.49. The van der Waals surface area contributed by atoms with Crippen LogP contribution in [0.25, 0.3) is 0 Å². The molecule has 3 unspecified atom stereocenters. The van der Waals surface area contributed by atoms with E-state index >= 15 is 0 Å². The lowest BCUT2D eigenvalue weighted by atomic mass is 9.83. The van der Waals surface area contributed by atoms with Gasteiger partial charge in [-0.05, 0) is 26.3 Å². The number of rotatable bonds is 11. The van der Waals surface area contributed by atoms with Crippen molar-refractivity contribution < 1.29 is 29.0 Å². The first kappa shape index (κ1) is 22.6. The van der Waals surface area contributed by atoms with Crippen LogP contribution in [-0.2, 0) is 14.3 Å². The maximum atomic E-state index is 11.2. The Bertz CT molecular complexity index is 752. The van der Waals surface area contributed by atoms with Crippen molar-refractivity contribution >= 4 is 12.0 Å². The quantitative estimate of drug-likeness (QED) is 0.188. The molecule has 0 aliphatic carbocycles. The number of hydrogen-bond donors (Lipinski definition) is 2. The topological polar surface area (TPSA) is 120 Å². The zero-order valence-corrected chi connectivity index (χ0v) is 16.9. The molecule has 29 heavy (non-hydrogen) atoms. The third-order valence-corrected chi connectivity index (χ3v) is 4.92. The van der Waals surface area contributed by atoms with Gasteiger partial charge in [0.2, 0.25) is 0 Å². The molecule has 3 atom stereocenters. The Morgan fingerprint density at radius 2 is 2.21 bits per heavy atom. The van der Waals surface area contributed by atoms with Gasteiger partial charge in [-0.2, -0.15) is 0 Å². The second-order valence-electron chi connectivity index (χ2n) is 6.89. The monoisotopic (exact) mass is 408 g/mol.